The molecular weight excluding hydrogens is 200 g/mol. The van der Waals surface area contributed by atoms with Gasteiger partial charge in [-0.25, -0.2) is 0 Å². The number of amides is 1. The van der Waals surface area contributed by atoms with Crippen molar-refractivity contribution in [1.29, 1.82) is 0 Å². The van der Waals surface area contributed by atoms with Crippen molar-refractivity contribution < 1.29 is 4.79 Å². The molecule has 3 heteroatoms. The molecule has 0 aliphatic heterocycles. The number of carbonyl (C=O) groups is 1. The number of carbonyl (C=O) groups excluding carboxylic acids is 1. The standard InChI is InChI=1S/C13H22N2O/c1-3-11(4-2)14-10-13(16)15-12-8-6-5-7-9-12/h1,11-12,14H,4-10H2,2H3,(H,15,16). The molecule has 90 valence electrons. The van der Waals surface area contributed by atoms with Crippen LogP contribution in [0.25, 0.3) is 0 Å². The third-order valence-corrected chi connectivity index (χ3v) is 3.09. The molecule has 0 aromatic heterocycles. The van der Waals surface area contributed by atoms with E-state index in [1.54, 1.807) is 0 Å². The third kappa shape index (κ3) is 4.67. The zero-order valence-electron chi connectivity index (χ0n) is 10.1. The Kier molecular flexibility index (Phi) is 5.95. The van der Waals surface area contributed by atoms with Crippen molar-refractivity contribution in [1.82, 2.24) is 10.6 Å². The molecule has 0 aromatic carbocycles. The first-order valence-corrected chi connectivity index (χ1v) is 6.25. The van der Waals surface area contributed by atoms with Crippen molar-refractivity contribution in [2.75, 3.05) is 6.54 Å². The predicted molar refractivity (Wildman–Crippen MR) is 65.9 cm³/mol. The van der Waals surface area contributed by atoms with Gasteiger partial charge >= 0.3 is 0 Å². The number of nitrogens with one attached hydrogen (secondary N) is 2. The summed E-state index contributed by atoms with van der Waals surface area (Å²) in [7, 11) is 0. The van der Waals surface area contributed by atoms with Gasteiger partial charge in [-0.15, -0.1) is 6.42 Å². The molecule has 0 heterocycles. The highest BCUT2D eigenvalue weighted by Crippen LogP contribution is 2.16. The molecule has 0 aromatic rings. The molecule has 1 unspecified atom stereocenters. The second-order valence-corrected chi connectivity index (χ2v) is 4.41. The Bertz CT molecular complexity index is 251. The number of rotatable bonds is 5. The molecule has 3 nitrogen and oxygen atoms in total. The minimum absolute atomic E-state index is 0.0112. The molecule has 1 aliphatic rings. The molecular formula is C13H22N2O. The van der Waals surface area contributed by atoms with Crippen LogP contribution in [-0.2, 0) is 4.79 Å². The van der Waals surface area contributed by atoms with Crippen LogP contribution in [0.4, 0.5) is 0 Å². The smallest absolute Gasteiger partial charge is 0.234 e. The Morgan fingerprint density at radius 2 is 2.12 bits per heavy atom. The highest BCUT2D eigenvalue weighted by molar-refractivity contribution is 5.78. The lowest BCUT2D eigenvalue weighted by molar-refractivity contribution is -0.121. The van der Waals surface area contributed by atoms with Gasteiger partial charge in [0, 0.05) is 6.04 Å². The molecule has 16 heavy (non-hydrogen) atoms. The average Bonchev–Trinajstić information content (AvgIpc) is 2.31. The minimum atomic E-state index is 0.0112. The first-order valence-electron chi connectivity index (χ1n) is 6.25. The Hall–Kier alpha value is -1.01. The largest absolute Gasteiger partial charge is 0.352 e. The van der Waals surface area contributed by atoms with Gasteiger partial charge in [-0.05, 0) is 19.3 Å². The van der Waals surface area contributed by atoms with Gasteiger partial charge in [0.05, 0.1) is 12.6 Å². The fourth-order valence-corrected chi connectivity index (χ4v) is 2.06. The zero-order chi connectivity index (χ0) is 11.8. The molecule has 2 N–H and O–H groups in total. The SMILES string of the molecule is C#CC(CC)NCC(=O)NC1CCCCC1. The summed E-state index contributed by atoms with van der Waals surface area (Å²) in [5.41, 5.74) is 0. The molecule has 1 rings (SSSR count). The van der Waals surface area contributed by atoms with Gasteiger partial charge in [0.25, 0.3) is 0 Å². The van der Waals surface area contributed by atoms with Gasteiger partial charge in [0.1, 0.15) is 0 Å². The normalized spacial score (nSPS) is 18.8. The highest BCUT2D eigenvalue weighted by Gasteiger charge is 2.15. The molecule has 1 aliphatic carbocycles. The molecule has 0 spiro atoms. The van der Waals surface area contributed by atoms with Crippen LogP contribution in [0.15, 0.2) is 0 Å². The zero-order valence-corrected chi connectivity index (χ0v) is 10.1. The van der Waals surface area contributed by atoms with Crippen molar-refractivity contribution in [3.8, 4) is 12.3 Å². The van der Waals surface area contributed by atoms with Crippen LogP contribution in [0.3, 0.4) is 0 Å². The van der Waals surface area contributed by atoms with Gasteiger partial charge < -0.3 is 5.32 Å². The van der Waals surface area contributed by atoms with Crippen LogP contribution in [0.1, 0.15) is 45.4 Å². The van der Waals surface area contributed by atoms with Gasteiger partial charge in [-0.3, -0.25) is 10.1 Å². The maximum absolute atomic E-state index is 11.6. The number of hydrogen-bond donors (Lipinski definition) is 2. The van der Waals surface area contributed by atoms with Crippen LogP contribution in [0.5, 0.6) is 0 Å². The quantitative estimate of drug-likeness (QED) is 0.691. The summed E-state index contributed by atoms with van der Waals surface area (Å²) >= 11 is 0. The first kappa shape index (κ1) is 13.1. The Morgan fingerprint density at radius 1 is 1.44 bits per heavy atom. The molecule has 0 saturated heterocycles. The summed E-state index contributed by atoms with van der Waals surface area (Å²) < 4.78 is 0. The van der Waals surface area contributed by atoms with Crippen LogP contribution < -0.4 is 10.6 Å². The Balaban J connectivity index is 2.17. The lowest BCUT2D eigenvalue weighted by Crippen LogP contribution is -2.43. The summed E-state index contributed by atoms with van der Waals surface area (Å²) in [6.45, 7) is 2.34. The molecule has 1 amide bonds. The van der Waals surface area contributed by atoms with E-state index in [9.17, 15) is 4.79 Å². The molecule has 1 saturated carbocycles. The van der Waals surface area contributed by atoms with Crippen molar-refractivity contribution >= 4 is 5.91 Å². The first-order chi connectivity index (χ1) is 7.76. The lowest BCUT2D eigenvalue weighted by Gasteiger charge is -2.23. The van der Waals surface area contributed by atoms with Crippen LogP contribution in [0.2, 0.25) is 0 Å². The van der Waals surface area contributed by atoms with Gasteiger partial charge in [0.15, 0.2) is 0 Å². The van der Waals surface area contributed by atoms with Gasteiger partial charge in [-0.1, -0.05) is 32.1 Å². The molecule has 0 radical (unpaired) electrons. The van der Waals surface area contributed by atoms with Crippen LogP contribution in [0, 0.1) is 12.3 Å². The van der Waals surface area contributed by atoms with Crippen molar-refractivity contribution in [2.45, 2.75) is 57.5 Å². The highest BCUT2D eigenvalue weighted by atomic mass is 16.1. The van der Waals surface area contributed by atoms with E-state index in [2.05, 4.69) is 16.6 Å². The van der Waals surface area contributed by atoms with E-state index in [0.717, 1.165) is 19.3 Å². The summed E-state index contributed by atoms with van der Waals surface area (Å²) in [4.78, 5) is 11.6. The van der Waals surface area contributed by atoms with E-state index in [0.29, 0.717) is 12.6 Å². The van der Waals surface area contributed by atoms with E-state index in [1.807, 2.05) is 6.92 Å². The fraction of sp³-hybridized carbons (Fsp3) is 0.769. The second kappa shape index (κ2) is 7.29. The monoisotopic (exact) mass is 222 g/mol. The molecule has 1 fully saturated rings. The lowest BCUT2D eigenvalue weighted by atomic mass is 9.95. The van der Waals surface area contributed by atoms with E-state index in [1.165, 1.54) is 19.3 Å². The van der Waals surface area contributed by atoms with Gasteiger partial charge in [-0.2, -0.15) is 0 Å². The van der Waals surface area contributed by atoms with Crippen molar-refractivity contribution in [2.24, 2.45) is 0 Å². The summed E-state index contributed by atoms with van der Waals surface area (Å²) in [6, 6.07) is 0.395. The Morgan fingerprint density at radius 3 is 2.69 bits per heavy atom. The summed E-state index contributed by atoms with van der Waals surface area (Å²) in [5.74, 6) is 2.69. The number of hydrogen-bond acceptors (Lipinski definition) is 2. The summed E-state index contributed by atoms with van der Waals surface area (Å²) in [5, 5.41) is 6.11. The maximum Gasteiger partial charge on any atom is 0.234 e. The topological polar surface area (TPSA) is 41.1 Å². The van der Waals surface area contributed by atoms with E-state index in [-0.39, 0.29) is 11.9 Å². The molecule has 1 atom stereocenters. The Labute approximate surface area is 98.4 Å². The average molecular weight is 222 g/mol. The molecule has 0 bridgehead atoms. The van der Waals surface area contributed by atoms with Crippen molar-refractivity contribution in [3.63, 3.8) is 0 Å². The third-order valence-electron chi connectivity index (χ3n) is 3.09. The van der Waals surface area contributed by atoms with E-state index in [4.69, 9.17) is 6.42 Å². The van der Waals surface area contributed by atoms with E-state index >= 15 is 0 Å². The number of terminal acetylenes is 1. The van der Waals surface area contributed by atoms with Crippen LogP contribution in [-0.4, -0.2) is 24.5 Å². The fourth-order valence-electron chi connectivity index (χ4n) is 2.06. The van der Waals surface area contributed by atoms with Crippen LogP contribution >= 0.6 is 0 Å². The van der Waals surface area contributed by atoms with Gasteiger partial charge in [0.2, 0.25) is 5.91 Å². The minimum Gasteiger partial charge on any atom is -0.352 e. The van der Waals surface area contributed by atoms with E-state index < -0.39 is 0 Å². The van der Waals surface area contributed by atoms with Crippen molar-refractivity contribution in [3.05, 3.63) is 0 Å². The predicted octanol–water partition coefficient (Wildman–Crippen LogP) is 1.44. The second-order valence-electron chi connectivity index (χ2n) is 4.41. The maximum atomic E-state index is 11.6. The summed E-state index contributed by atoms with van der Waals surface area (Å²) in [6.07, 6.45) is 12.2.